The Morgan fingerprint density at radius 1 is 1.38 bits per heavy atom. The second kappa shape index (κ2) is 6.31. The summed E-state index contributed by atoms with van der Waals surface area (Å²) in [5.74, 6) is 0.0671. The van der Waals surface area contributed by atoms with Crippen LogP contribution in [0.25, 0.3) is 0 Å². The molecule has 1 aliphatic heterocycles. The van der Waals surface area contributed by atoms with Gasteiger partial charge in [0.25, 0.3) is 5.69 Å². The van der Waals surface area contributed by atoms with Gasteiger partial charge in [-0.25, -0.2) is 0 Å². The molecule has 1 fully saturated rings. The molecule has 8 heteroatoms. The van der Waals surface area contributed by atoms with Gasteiger partial charge in [0.15, 0.2) is 0 Å². The number of nitrogens with zero attached hydrogens (tertiary/aromatic N) is 2. The summed E-state index contributed by atoms with van der Waals surface area (Å²) < 4.78 is 5.39. The van der Waals surface area contributed by atoms with Crippen LogP contribution >= 0.6 is 0 Å². The van der Waals surface area contributed by atoms with Gasteiger partial charge in [-0.15, -0.1) is 0 Å². The predicted molar refractivity (Wildman–Crippen MR) is 72.8 cm³/mol. The molecule has 1 saturated heterocycles. The minimum atomic E-state index is -0.497. The molecule has 0 spiro atoms. The highest BCUT2D eigenvalue weighted by Crippen LogP contribution is 2.17. The van der Waals surface area contributed by atoms with E-state index in [4.69, 9.17) is 4.74 Å². The first-order chi connectivity index (χ1) is 9.99. The second-order valence-electron chi connectivity index (χ2n) is 4.60. The smallest absolute Gasteiger partial charge is 0.269 e. The molecule has 1 aliphatic rings. The van der Waals surface area contributed by atoms with Crippen molar-refractivity contribution in [1.29, 1.82) is 0 Å². The fraction of sp³-hybridized carbons (Fsp3) is 0.385. The van der Waals surface area contributed by atoms with E-state index >= 15 is 0 Å². The Labute approximate surface area is 120 Å². The number of nitrogens with one attached hydrogen (secondary N) is 1. The number of likely N-dealkylation sites (N-methyl/N-ethyl adjacent to an activating group) is 1. The maximum atomic E-state index is 11.6. The zero-order chi connectivity index (χ0) is 15.4. The molecule has 2 rings (SSSR count). The maximum absolute atomic E-state index is 11.6. The van der Waals surface area contributed by atoms with Crippen LogP contribution in [0.15, 0.2) is 24.3 Å². The number of carbonyl (C=O) groups is 2. The highest BCUT2D eigenvalue weighted by atomic mass is 16.6. The van der Waals surface area contributed by atoms with Crippen molar-refractivity contribution in [3.05, 3.63) is 34.4 Å². The fourth-order valence-electron chi connectivity index (χ4n) is 1.98. The summed E-state index contributed by atoms with van der Waals surface area (Å²) in [6, 6.07) is 5.24. The standard InChI is InChI=1S/C13H15N3O5/c1-15-12(17)8-11(13(15)18)14-6-7-21-10-4-2-9(3-5-10)16(19)20/h2-5,11,14H,6-8H2,1H3. The van der Waals surface area contributed by atoms with Crippen molar-refractivity contribution in [3.63, 3.8) is 0 Å². The molecule has 0 radical (unpaired) electrons. The van der Waals surface area contributed by atoms with Gasteiger partial charge in [-0.2, -0.15) is 0 Å². The summed E-state index contributed by atoms with van der Waals surface area (Å²) in [6.07, 6.45) is 0.160. The zero-order valence-corrected chi connectivity index (χ0v) is 11.4. The molecule has 1 N–H and O–H groups in total. The first-order valence-electron chi connectivity index (χ1n) is 6.40. The molecule has 0 aliphatic carbocycles. The lowest BCUT2D eigenvalue weighted by Gasteiger charge is -2.11. The molecule has 0 bridgehead atoms. The van der Waals surface area contributed by atoms with Crippen LogP contribution < -0.4 is 10.1 Å². The number of benzene rings is 1. The van der Waals surface area contributed by atoms with Gasteiger partial charge < -0.3 is 10.1 Å². The van der Waals surface area contributed by atoms with Gasteiger partial charge >= 0.3 is 0 Å². The van der Waals surface area contributed by atoms with Crippen LogP contribution in [0, 0.1) is 10.1 Å². The van der Waals surface area contributed by atoms with Crippen molar-refractivity contribution in [2.75, 3.05) is 20.2 Å². The summed E-state index contributed by atoms with van der Waals surface area (Å²) in [7, 11) is 1.46. The predicted octanol–water partition coefficient (Wildman–Crippen LogP) is 0.320. The zero-order valence-electron chi connectivity index (χ0n) is 11.4. The molecule has 0 saturated carbocycles. The number of rotatable bonds is 6. The molecule has 8 nitrogen and oxygen atoms in total. The average molecular weight is 293 g/mol. The Bertz CT molecular complexity index is 557. The third kappa shape index (κ3) is 3.54. The molecule has 1 unspecified atom stereocenters. The summed E-state index contributed by atoms with van der Waals surface area (Å²) in [5, 5.41) is 13.4. The highest BCUT2D eigenvalue weighted by molar-refractivity contribution is 6.05. The van der Waals surface area contributed by atoms with E-state index < -0.39 is 11.0 Å². The van der Waals surface area contributed by atoms with Crippen molar-refractivity contribution in [2.24, 2.45) is 0 Å². The Morgan fingerprint density at radius 3 is 2.57 bits per heavy atom. The van der Waals surface area contributed by atoms with Crippen molar-refractivity contribution in [1.82, 2.24) is 10.2 Å². The third-order valence-electron chi connectivity index (χ3n) is 3.19. The SMILES string of the molecule is CN1C(=O)CC(NCCOc2ccc([N+](=O)[O-])cc2)C1=O. The molecule has 21 heavy (non-hydrogen) atoms. The number of nitro groups is 1. The summed E-state index contributed by atoms with van der Waals surface area (Å²) >= 11 is 0. The van der Waals surface area contributed by atoms with Crippen LogP contribution in [0.1, 0.15) is 6.42 Å². The molecular formula is C13H15N3O5. The van der Waals surface area contributed by atoms with E-state index in [1.807, 2.05) is 0 Å². The number of hydrogen-bond acceptors (Lipinski definition) is 6. The van der Waals surface area contributed by atoms with E-state index in [2.05, 4.69) is 5.32 Å². The van der Waals surface area contributed by atoms with Gasteiger partial charge in [0, 0.05) is 25.7 Å². The second-order valence-corrected chi connectivity index (χ2v) is 4.60. The Kier molecular flexibility index (Phi) is 4.49. The van der Waals surface area contributed by atoms with E-state index in [0.717, 1.165) is 4.90 Å². The fourth-order valence-corrected chi connectivity index (χ4v) is 1.98. The van der Waals surface area contributed by atoms with Crippen molar-refractivity contribution in [3.8, 4) is 5.75 Å². The lowest BCUT2D eigenvalue weighted by Crippen LogP contribution is -2.39. The van der Waals surface area contributed by atoms with Crippen LogP contribution in [-0.4, -0.2) is 47.9 Å². The molecule has 0 aromatic heterocycles. The van der Waals surface area contributed by atoms with Gasteiger partial charge in [-0.3, -0.25) is 24.6 Å². The molecule has 1 heterocycles. The quantitative estimate of drug-likeness (QED) is 0.351. The van der Waals surface area contributed by atoms with E-state index in [-0.39, 0.29) is 23.9 Å². The monoisotopic (exact) mass is 293 g/mol. The van der Waals surface area contributed by atoms with Crippen LogP contribution in [0.2, 0.25) is 0 Å². The topological polar surface area (TPSA) is 102 Å². The minimum Gasteiger partial charge on any atom is -0.492 e. The van der Waals surface area contributed by atoms with Gasteiger partial charge in [0.1, 0.15) is 12.4 Å². The van der Waals surface area contributed by atoms with Crippen LogP contribution in [0.4, 0.5) is 5.69 Å². The Morgan fingerprint density at radius 2 is 2.05 bits per heavy atom. The number of amides is 2. The summed E-state index contributed by atoms with van der Waals surface area (Å²) in [6.45, 7) is 0.689. The van der Waals surface area contributed by atoms with Crippen molar-refractivity contribution in [2.45, 2.75) is 12.5 Å². The van der Waals surface area contributed by atoms with Gasteiger partial charge in [-0.05, 0) is 12.1 Å². The van der Waals surface area contributed by atoms with E-state index in [1.54, 1.807) is 0 Å². The van der Waals surface area contributed by atoms with Gasteiger partial charge in [-0.1, -0.05) is 0 Å². The minimum absolute atomic E-state index is 0.00132. The normalized spacial score (nSPS) is 18.1. The largest absolute Gasteiger partial charge is 0.492 e. The van der Waals surface area contributed by atoms with Crippen molar-refractivity contribution < 1.29 is 19.2 Å². The lowest BCUT2D eigenvalue weighted by molar-refractivity contribution is -0.384. The third-order valence-corrected chi connectivity index (χ3v) is 3.19. The van der Waals surface area contributed by atoms with Crippen LogP contribution in [-0.2, 0) is 9.59 Å². The Balaban J connectivity index is 1.74. The number of imide groups is 1. The highest BCUT2D eigenvalue weighted by Gasteiger charge is 2.35. The van der Waals surface area contributed by atoms with Gasteiger partial charge in [0.05, 0.1) is 17.4 Å². The number of carbonyl (C=O) groups excluding carboxylic acids is 2. The van der Waals surface area contributed by atoms with Gasteiger partial charge in [0.2, 0.25) is 11.8 Å². The van der Waals surface area contributed by atoms with E-state index in [0.29, 0.717) is 18.9 Å². The first-order valence-corrected chi connectivity index (χ1v) is 6.40. The van der Waals surface area contributed by atoms with E-state index in [9.17, 15) is 19.7 Å². The molecular weight excluding hydrogens is 278 g/mol. The lowest BCUT2D eigenvalue weighted by atomic mass is 10.2. The molecule has 1 atom stereocenters. The van der Waals surface area contributed by atoms with Crippen molar-refractivity contribution >= 4 is 17.5 Å². The molecule has 1 aromatic carbocycles. The van der Waals surface area contributed by atoms with Crippen LogP contribution in [0.5, 0.6) is 5.75 Å². The molecule has 112 valence electrons. The summed E-state index contributed by atoms with van der Waals surface area (Å²) in [5.41, 5.74) is -0.00132. The number of hydrogen-bond donors (Lipinski definition) is 1. The maximum Gasteiger partial charge on any atom is 0.269 e. The number of likely N-dealkylation sites (tertiary alicyclic amines) is 1. The Hall–Kier alpha value is -2.48. The number of non-ortho nitro benzene ring substituents is 1. The number of nitro benzene ring substituents is 1. The summed E-state index contributed by atoms with van der Waals surface area (Å²) in [4.78, 5) is 34.1. The molecule has 2 amide bonds. The average Bonchev–Trinajstić information content (AvgIpc) is 2.71. The number of ether oxygens (including phenoxy) is 1. The molecule has 1 aromatic rings. The van der Waals surface area contributed by atoms with E-state index in [1.165, 1.54) is 31.3 Å². The first kappa shape index (κ1) is 14.9. The van der Waals surface area contributed by atoms with Crippen LogP contribution in [0.3, 0.4) is 0 Å².